The predicted molar refractivity (Wildman–Crippen MR) is 60.8 cm³/mol. The van der Waals surface area contributed by atoms with Crippen LogP contribution in [0.1, 0.15) is 0 Å². The molecule has 0 aliphatic carbocycles. The van der Waals surface area contributed by atoms with Gasteiger partial charge in [-0.25, -0.2) is 17.9 Å². The van der Waals surface area contributed by atoms with Gasteiger partial charge in [-0.3, -0.25) is 0 Å². The lowest BCUT2D eigenvalue weighted by atomic mass is 10.3. The van der Waals surface area contributed by atoms with Gasteiger partial charge >= 0.3 is 12.1 Å². The van der Waals surface area contributed by atoms with E-state index in [9.17, 15) is 26.4 Å². The molecule has 2 N–H and O–H groups in total. The molecular formula is C10H10F3NO5S. The van der Waals surface area contributed by atoms with Gasteiger partial charge in [0.2, 0.25) is 10.0 Å². The van der Waals surface area contributed by atoms with Crippen molar-refractivity contribution in [3.63, 3.8) is 0 Å². The number of halogens is 3. The van der Waals surface area contributed by atoms with Crippen LogP contribution in [0, 0.1) is 0 Å². The van der Waals surface area contributed by atoms with Gasteiger partial charge in [-0.1, -0.05) is 0 Å². The van der Waals surface area contributed by atoms with Gasteiger partial charge < -0.3 is 9.84 Å². The molecule has 0 radical (unpaired) electrons. The Morgan fingerprint density at radius 1 is 1.25 bits per heavy atom. The van der Waals surface area contributed by atoms with E-state index >= 15 is 0 Å². The van der Waals surface area contributed by atoms with E-state index in [-0.39, 0.29) is 10.6 Å². The van der Waals surface area contributed by atoms with Crippen LogP contribution in [0.4, 0.5) is 13.2 Å². The lowest BCUT2D eigenvalue weighted by molar-refractivity contribution is -0.139. The number of nitrogens with one attached hydrogen (secondary N) is 1. The Labute approximate surface area is 112 Å². The minimum atomic E-state index is -4.66. The van der Waals surface area contributed by atoms with Crippen molar-refractivity contribution < 1.29 is 36.2 Å². The van der Waals surface area contributed by atoms with Gasteiger partial charge in [-0.2, -0.15) is 13.2 Å². The Kier molecular flexibility index (Phi) is 4.95. The van der Waals surface area contributed by atoms with Crippen molar-refractivity contribution in [2.24, 2.45) is 0 Å². The second-order valence-electron chi connectivity index (χ2n) is 3.59. The quantitative estimate of drug-likeness (QED) is 0.817. The monoisotopic (exact) mass is 313 g/mol. The first-order valence-corrected chi connectivity index (χ1v) is 6.59. The zero-order chi connectivity index (χ0) is 15.4. The Hall–Kier alpha value is -1.81. The average Bonchev–Trinajstić information content (AvgIpc) is 2.34. The van der Waals surface area contributed by atoms with Crippen molar-refractivity contribution in [2.75, 3.05) is 13.2 Å². The molecule has 0 aromatic heterocycles. The van der Waals surface area contributed by atoms with Crippen LogP contribution >= 0.6 is 0 Å². The average molecular weight is 313 g/mol. The van der Waals surface area contributed by atoms with E-state index < -0.39 is 35.3 Å². The zero-order valence-electron chi connectivity index (χ0n) is 9.85. The molecule has 0 unspecified atom stereocenters. The standard InChI is InChI=1S/C10H10F3NO5S/c11-10(12,13)6-14-20(17,18)8-3-1-7(2-4-8)19-5-9(15)16/h1-4,14H,5-6H2,(H,15,16). The summed E-state index contributed by atoms with van der Waals surface area (Å²) in [5.74, 6) is -1.13. The van der Waals surface area contributed by atoms with Crippen LogP contribution < -0.4 is 9.46 Å². The highest BCUT2D eigenvalue weighted by atomic mass is 32.2. The van der Waals surface area contributed by atoms with Crippen LogP contribution in [0.15, 0.2) is 29.2 Å². The summed E-state index contributed by atoms with van der Waals surface area (Å²) in [5, 5.41) is 8.37. The molecule has 0 amide bonds. The number of carbonyl (C=O) groups is 1. The number of benzene rings is 1. The van der Waals surface area contributed by atoms with Gasteiger partial charge in [0.05, 0.1) is 4.90 Å². The van der Waals surface area contributed by atoms with Crippen molar-refractivity contribution in [2.45, 2.75) is 11.1 Å². The van der Waals surface area contributed by atoms with E-state index in [0.29, 0.717) is 0 Å². The second-order valence-corrected chi connectivity index (χ2v) is 5.36. The SMILES string of the molecule is O=C(O)COc1ccc(S(=O)(=O)NCC(F)(F)F)cc1. The Morgan fingerprint density at radius 2 is 1.80 bits per heavy atom. The van der Waals surface area contributed by atoms with Crippen LogP contribution in [0.2, 0.25) is 0 Å². The highest BCUT2D eigenvalue weighted by molar-refractivity contribution is 7.89. The lowest BCUT2D eigenvalue weighted by Crippen LogP contribution is -2.33. The summed E-state index contributed by atoms with van der Waals surface area (Å²) in [7, 11) is -4.28. The molecule has 0 aliphatic rings. The molecule has 0 aliphatic heterocycles. The third kappa shape index (κ3) is 5.45. The third-order valence-corrected chi connectivity index (χ3v) is 3.38. The van der Waals surface area contributed by atoms with E-state index in [2.05, 4.69) is 0 Å². The first kappa shape index (κ1) is 16.2. The fourth-order valence-electron chi connectivity index (χ4n) is 1.12. The van der Waals surface area contributed by atoms with Crippen molar-refractivity contribution in [3.8, 4) is 5.75 Å². The van der Waals surface area contributed by atoms with Gasteiger partial charge in [0, 0.05) is 0 Å². The van der Waals surface area contributed by atoms with Crippen LogP contribution in [0.3, 0.4) is 0 Å². The van der Waals surface area contributed by atoms with Crippen LogP contribution in [-0.4, -0.2) is 38.8 Å². The Bertz CT molecular complexity index is 568. The van der Waals surface area contributed by atoms with Gasteiger partial charge in [0.15, 0.2) is 6.61 Å². The molecule has 0 fully saturated rings. The number of rotatable bonds is 6. The molecule has 0 heterocycles. The van der Waals surface area contributed by atoms with Crippen LogP contribution in [0.5, 0.6) is 5.75 Å². The molecule has 0 atom stereocenters. The zero-order valence-corrected chi connectivity index (χ0v) is 10.7. The van der Waals surface area contributed by atoms with Gasteiger partial charge in [-0.15, -0.1) is 0 Å². The number of sulfonamides is 1. The maximum atomic E-state index is 11.9. The molecule has 1 aromatic carbocycles. The molecule has 1 rings (SSSR count). The molecule has 112 valence electrons. The minimum absolute atomic E-state index is 0.0853. The summed E-state index contributed by atoms with van der Waals surface area (Å²) in [6.07, 6.45) is -4.66. The second kappa shape index (κ2) is 6.09. The third-order valence-electron chi connectivity index (χ3n) is 1.96. The summed E-state index contributed by atoms with van der Waals surface area (Å²) in [6, 6.07) is 4.31. The molecule has 10 heteroatoms. The maximum Gasteiger partial charge on any atom is 0.402 e. The van der Waals surface area contributed by atoms with Crippen molar-refractivity contribution in [1.29, 1.82) is 0 Å². The molecule has 0 bridgehead atoms. The van der Waals surface area contributed by atoms with Crippen molar-refractivity contribution in [1.82, 2.24) is 4.72 Å². The normalized spacial score (nSPS) is 12.2. The minimum Gasteiger partial charge on any atom is -0.482 e. The number of alkyl halides is 3. The molecule has 6 nitrogen and oxygen atoms in total. The first-order chi connectivity index (χ1) is 9.10. The van der Waals surface area contributed by atoms with Crippen LogP contribution in [-0.2, 0) is 14.8 Å². The molecule has 0 spiro atoms. The number of carboxylic acid groups (broad SMARTS) is 1. The van der Waals surface area contributed by atoms with E-state index in [1.807, 2.05) is 0 Å². The van der Waals surface area contributed by atoms with E-state index in [1.165, 1.54) is 4.72 Å². The fraction of sp³-hybridized carbons (Fsp3) is 0.300. The highest BCUT2D eigenvalue weighted by Crippen LogP contribution is 2.18. The Morgan fingerprint density at radius 3 is 2.25 bits per heavy atom. The van der Waals surface area contributed by atoms with Crippen molar-refractivity contribution >= 4 is 16.0 Å². The summed E-state index contributed by atoms with van der Waals surface area (Å²) in [6.45, 7) is -2.29. The molecule has 0 saturated carbocycles. The summed E-state index contributed by atoms with van der Waals surface area (Å²) < 4.78 is 65.0. The smallest absolute Gasteiger partial charge is 0.402 e. The largest absolute Gasteiger partial charge is 0.482 e. The number of ether oxygens (including phenoxy) is 1. The highest BCUT2D eigenvalue weighted by Gasteiger charge is 2.30. The topological polar surface area (TPSA) is 92.7 Å². The van der Waals surface area contributed by atoms with Gasteiger partial charge in [0.1, 0.15) is 12.3 Å². The number of hydrogen-bond donors (Lipinski definition) is 2. The summed E-state index contributed by atoms with van der Waals surface area (Å²) in [5.41, 5.74) is 0. The van der Waals surface area contributed by atoms with Crippen molar-refractivity contribution in [3.05, 3.63) is 24.3 Å². The molecule has 0 saturated heterocycles. The van der Waals surface area contributed by atoms with E-state index in [1.54, 1.807) is 0 Å². The molecule has 1 aromatic rings. The first-order valence-electron chi connectivity index (χ1n) is 5.11. The molecular weight excluding hydrogens is 303 g/mol. The van der Waals surface area contributed by atoms with Gasteiger partial charge in [0.25, 0.3) is 0 Å². The predicted octanol–water partition coefficient (Wildman–Crippen LogP) is 0.991. The number of hydrogen-bond acceptors (Lipinski definition) is 4. The lowest BCUT2D eigenvalue weighted by Gasteiger charge is -2.10. The van der Waals surface area contributed by atoms with E-state index in [4.69, 9.17) is 9.84 Å². The Balaban J connectivity index is 2.74. The van der Waals surface area contributed by atoms with E-state index in [0.717, 1.165) is 24.3 Å². The summed E-state index contributed by atoms with van der Waals surface area (Å²) in [4.78, 5) is 9.86. The maximum absolute atomic E-state index is 11.9. The summed E-state index contributed by atoms with van der Waals surface area (Å²) >= 11 is 0. The number of carboxylic acids is 1. The van der Waals surface area contributed by atoms with Gasteiger partial charge in [-0.05, 0) is 24.3 Å². The molecule has 20 heavy (non-hydrogen) atoms. The fourth-order valence-corrected chi connectivity index (χ4v) is 2.14. The number of aliphatic carboxylic acids is 1. The van der Waals surface area contributed by atoms with Crippen LogP contribution in [0.25, 0.3) is 0 Å².